The normalized spacial score (nSPS) is 15.6. The van der Waals surface area contributed by atoms with Gasteiger partial charge in [0.2, 0.25) is 10.0 Å². The van der Waals surface area contributed by atoms with Crippen LogP contribution < -0.4 is 4.72 Å². The van der Waals surface area contributed by atoms with E-state index in [2.05, 4.69) is 22.9 Å². The number of rotatable bonds is 6. The van der Waals surface area contributed by atoms with Gasteiger partial charge in [0.25, 0.3) is 0 Å². The Bertz CT molecular complexity index is 825. The first kappa shape index (κ1) is 18.2. The number of hydrogen-bond donors (Lipinski definition) is 1. The number of fused-ring (bicyclic) bond motifs is 1. The first-order chi connectivity index (χ1) is 12.0. The second kappa shape index (κ2) is 7.71. The van der Waals surface area contributed by atoms with Crippen molar-refractivity contribution >= 4 is 10.0 Å². The van der Waals surface area contributed by atoms with Gasteiger partial charge in [-0.15, -0.1) is 0 Å². The maximum atomic E-state index is 12.6. The Labute approximate surface area is 151 Å². The number of sulfonamides is 1. The van der Waals surface area contributed by atoms with Crippen molar-refractivity contribution in [3.05, 3.63) is 70.3 Å². The molecule has 0 saturated carbocycles. The van der Waals surface area contributed by atoms with E-state index in [1.807, 2.05) is 38.1 Å². The van der Waals surface area contributed by atoms with E-state index in [0.29, 0.717) is 0 Å². The van der Waals surface area contributed by atoms with E-state index < -0.39 is 10.0 Å². The number of benzene rings is 2. The average molecular weight is 358 g/mol. The molecule has 0 fully saturated rings. The summed E-state index contributed by atoms with van der Waals surface area (Å²) in [6.45, 7) is 4.03. The zero-order valence-electron chi connectivity index (χ0n) is 15.1. The molecule has 3 rings (SSSR count). The predicted molar refractivity (Wildman–Crippen MR) is 103 cm³/mol. The number of hydrogen-bond acceptors (Lipinski definition) is 2. The lowest BCUT2D eigenvalue weighted by Gasteiger charge is -2.21. The van der Waals surface area contributed by atoms with Gasteiger partial charge >= 0.3 is 0 Å². The number of aryl methyl sites for hydroxylation is 3. The summed E-state index contributed by atoms with van der Waals surface area (Å²) in [4.78, 5) is 0. The maximum Gasteiger partial charge on any atom is 0.216 e. The molecule has 0 saturated heterocycles. The number of nitrogens with one attached hydrogen (secondary N) is 1. The molecule has 25 heavy (non-hydrogen) atoms. The summed E-state index contributed by atoms with van der Waals surface area (Å²) in [5, 5.41) is 0. The fourth-order valence-corrected chi connectivity index (χ4v) is 4.97. The molecule has 4 heteroatoms. The molecule has 1 aliphatic rings. The Morgan fingerprint density at radius 2 is 1.68 bits per heavy atom. The van der Waals surface area contributed by atoms with Crippen molar-refractivity contribution in [1.82, 2.24) is 4.72 Å². The topological polar surface area (TPSA) is 46.2 Å². The van der Waals surface area contributed by atoms with Crippen LogP contribution in [0.25, 0.3) is 0 Å². The van der Waals surface area contributed by atoms with Crippen LogP contribution in [-0.2, 0) is 28.6 Å². The largest absolute Gasteiger partial charge is 0.216 e. The molecule has 1 N–H and O–H groups in total. The Hall–Kier alpha value is -1.65. The van der Waals surface area contributed by atoms with E-state index in [1.165, 1.54) is 24.0 Å². The molecule has 2 aromatic carbocycles. The Morgan fingerprint density at radius 3 is 2.36 bits per heavy atom. The molecule has 134 valence electrons. The molecule has 0 aromatic heterocycles. The molecule has 0 unspecified atom stereocenters. The van der Waals surface area contributed by atoms with Crippen LogP contribution in [0.5, 0.6) is 0 Å². The van der Waals surface area contributed by atoms with Crippen LogP contribution in [0, 0.1) is 6.92 Å². The fourth-order valence-electron chi connectivity index (χ4n) is 3.52. The minimum absolute atomic E-state index is 0.0225. The van der Waals surface area contributed by atoms with Gasteiger partial charge < -0.3 is 0 Å². The molecule has 1 aliphatic carbocycles. The minimum atomic E-state index is -3.38. The lowest BCUT2D eigenvalue weighted by Crippen LogP contribution is -2.29. The maximum absolute atomic E-state index is 12.6. The van der Waals surface area contributed by atoms with Crippen LogP contribution in [0.3, 0.4) is 0 Å². The van der Waals surface area contributed by atoms with Crippen LogP contribution in [-0.4, -0.2) is 8.42 Å². The van der Waals surface area contributed by atoms with Gasteiger partial charge in [-0.3, -0.25) is 0 Å². The molecule has 2 aromatic rings. The Balaban J connectivity index is 1.75. The molecule has 0 bridgehead atoms. The van der Waals surface area contributed by atoms with Crippen molar-refractivity contribution in [3.63, 3.8) is 0 Å². The third kappa shape index (κ3) is 4.71. The van der Waals surface area contributed by atoms with Crippen molar-refractivity contribution in [1.29, 1.82) is 0 Å². The van der Waals surface area contributed by atoms with Gasteiger partial charge in [0.05, 0.1) is 5.75 Å². The molecule has 0 heterocycles. The van der Waals surface area contributed by atoms with Gasteiger partial charge in [0.1, 0.15) is 0 Å². The summed E-state index contributed by atoms with van der Waals surface area (Å²) >= 11 is 0. The second-order valence-electron chi connectivity index (χ2n) is 7.06. The van der Waals surface area contributed by atoms with Crippen LogP contribution in [0.4, 0.5) is 0 Å². The molecule has 0 radical (unpaired) electrons. The Kier molecular flexibility index (Phi) is 5.60. The lowest BCUT2D eigenvalue weighted by atomic mass is 9.89. The van der Waals surface area contributed by atoms with Crippen LogP contribution in [0.1, 0.15) is 60.0 Å². The first-order valence-electron chi connectivity index (χ1n) is 9.14. The first-order valence-corrected chi connectivity index (χ1v) is 10.8. The molecular weight excluding hydrogens is 330 g/mol. The SMILES string of the molecule is CC[C@H](NS(=O)(=O)Cc1ccc(C)cc1)c1ccc2c(c1)CCCC2. The van der Waals surface area contributed by atoms with Gasteiger partial charge in [-0.2, -0.15) is 0 Å². The van der Waals surface area contributed by atoms with Gasteiger partial charge in [-0.1, -0.05) is 55.0 Å². The highest BCUT2D eigenvalue weighted by atomic mass is 32.2. The standard InChI is InChI=1S/C21H27NO2S/c1-3-21(20-13-12-18-6-4-5-7-19(18)14-20)22-25(23,24)15-17-10-8-16(2)9-11-17/h8-14,21-22H,3-7,15H2,1-2H3/t21-/m0/s1. The van der Waals surface area contributed by atoms with Crippen molar-refractivity contribution in [2.75, 3.05) is 0 Å². The Morgan fingerprint density at radius 1 is 1.00 bits per heavy atom. The van der Waals surface area contributed by atoms with E-state index in [4.69, 9.17) is 0 Å². The van der Waals surface area contributed by atoms with Gasteiger partial charge in [0.15, 0.2) is 0 Å². The lowest BCUT2D eigenvalue weighted by molar-refractivity contribution is 0.548. The van der Waals surface area contributed by atoms with Crippen molar-refractivity contribution in [3.8, 4) is 0 Å². The molecular formula is C21H27NO2S. The van der Waals surface area contributed by atoms with Crippen molar-refractivity contribution in [2.45, 2.75) is 57.7 Å². The van der Waals surface area contributed by atoms with Crippen molar-refractivity contribution in [2.24, 2.45) is 0 Å². The van der Waals surface area contributed by atoms with Crippen molar-refractivity contribution < 1.29 is 8.42 Å². The smallest absolute Gasteiger partial charge is 0.212 e. The van der Waals surface area contributed by atoms with Gasteiger partial charge in [-0.05, 0) is 61.3 Å². The summed E-state index contributed by atoms with van der Waals surface area (Å²) in [6, 6.07) is 14.0. The van der Waals surface area contributed by atoms with E-state index in [-0.39, 0.29) is 11.8 Å². The molecule has 0 aliphatic heterocycles. The zero-order valence-corrected chi connectivity index (χ0v) is 15.9. The van der Waals surface area contributed by atoms with Crippen LogP contribution in [0.2, 0.25) is 0 Å². The molecule has 3 nitrogen and oxygen atoms in total. The average Bonchev–Trinajstić information content (AvgIpc) is 2.61. The van der Waals surface area contributed by atoms with Crippen LogP contribution >= 0.6 is 0 Å². The quantitative estimate of drug-likeness (QED) is 0.830. The van der Waals surface area contributed by atoms with E-state index in [9.17, 15) is 8.42 Å². The summed E-state index contributed by atoms with van der Waals surface area (Å²) in [7, 11) is -3.38. The third-order valence-electron chi connectivity index (χ3n) is 4.98. The highest BCUT2D eigenvalue weighted by Crippen LogP contribution is 2.26. The van der Waals surface area contributed by atoms with Crippen LogP contribution in [0.15, 0.2) is 42.5 Å². The summed E-state index contributed by atoms with van der Waals surface area (Å²) in [5.41, 5.74) is 5.84. The summed E-state index contributed by atoms with van der Waals surface area (Å²) < 4.78 is 28.1. The third-order valence-corrected chi connectivity index (χ3v) is 6.34. The fraction of sp³-hybridized carbons (Fsp3) is 0.429. The van der Waals surface area contributed by atoms with Gasteiger partial charge in [-0.25, -0.2) is 13.1 Å². The van der Waals surface area contributed by atoms with E-state index >= 15 is 0 Å². The monoisotopic (exact) mass is 357 g/mol. The van der Waals surface area contributed by atoms with Gasteiger partial charge in [0, 0.05) is 6.04 Å². The molecule has 0 spiro atoms. The second-order valence-corrected chi connectivity index (χ2v) is 8.81. The zero-order chi connectivity index (χ0) is 17.9. The predicted octanol–water partition coefficient (Wildman–Crippen LogP) is 4.44. The minimum Gasteiger partial charge on any atom is -0.212 e. The summed E-state index contributed by atoms with van der Waals surface area (Å²) in [6.07, 6.45) is 5.48. The highest BCUT2D eigenvalue weighted by Gasteiger charge is 2.20. The molecule has 0 amide bonds. The van der Waals surface area contributed by atoms with E-state index in [0.717, 1.165) is 36.0 Å². The molecule has 1 atom stereocenters. The highest BCUT2D eigenvalue weighted by molar-refractivity contribution is 7.88. The summed E-state index contributed by atoms with van der Waals surface area (Å²) in [5.74, 6) is 0.0225. The van der Waals surface area contributed by atoms with E-state index in [1.54, 1.807) is 0 Å².